The first-order valence-electron chi connectivity index (χ1n) is 14.3. The molecule has 10 N–H and O–H groups in total. The highest BCUT2D eigenvalue weighted by Gasteiger charge is 2.50. The van der Waals surface area contributed by atoms with Gasteiger partial charge in [-0.25, -0.2) is 0 Å². The van der Waals surface area contributed by atoms with Crippen molar-refractivity contribution in [2.45, 2.75) is 139 Å². The minimum absolute atomic E-state index is 0.0486. The van der Waals surface area contributed by atoms with Gasteiger partial charge in [0.1, 0.15) is 54.9 Å². The number of aliphatic hydroxyl groups excluding tert-OH is 9. The van der Waals surface area contributed by atoms with Crippen molar-refractivity contribution in [3.05, 3.63) is 11.5 Å². The Bertz CT molecular complexity index is 961. The number of ether oxygens (including phenoxy) is 7. The molecule has 0 spiro atoms. The van der Waals surface area contributed by atoms with Crippen LogP contribution >= 0.6 is 0 Å². The first-order chi connectivity index (χ1) is 20.6. The zero-order valence-electron chi connectivity index (χ0n) is 24.6. The molecule has 15 unspecified atom stereocenters. The van der Waals surface area contributed by atoms with Crippen molar-refractivity contribution in [3.8, 4) is 0 Å². The van der Waals surface area contributed by atoms with Gasteiger partial charge in [-0.2, -0.15) is 0 Å². The fourth-order valence-electron chi connectivity index (χ4n) is 5.01. The van der Waals surface area contributed by atoms with Crippen molar-refractivity contribution in [2.75, 3.05) is 6.61 Å². The number of aliphatic hydroxyl groups is 10. The van der Waals surface area contributed by atoms with Gasteiger partial charge in [0.2, 0.25) is 18.9 Å². The first kappa shape index (κ1) is 36.7. The van der Waals surface area contributed by atoms with Gasteiger partial charge in [-0.1, -0.05) is 13.8 Å². The fraction of sp³-hybridized carbons (Fsp3) is 0.885. The van der Waals surface area contributed by atoms with E-state index in [1.54, 1.807) is 6.92 Å². The molecule has 3 aliphatic rings. The van der Waals surface area contributed by atoms with Crippen molar-refractivity contribution >= 4 is 5.97 Å². The monoisotopic (exact) mass is 644 g/mol. The lowest BCUT2D eigenvalue weighted by Crippen LogP contribution is -2.62. The van der Waals surface area contributed by atoms with Crippen LogP contribution in [0.3, 0.4) is 0 Å². The van der Waals surface area contributed by atoms with Crippen LogP contribution in [0.25, 0.3) is 0 Å². The van der Waals surface area contributed by atoms with Crippen LogP contribution in [-0.4, -0.2) is 162 Å². The second kappa shape index (κ2) is 15.7. The van der Waals surface area contributed by atoms with E-state index in [-0.39, 0.29) is 12.8 Å². The lowest BCUT2D eigenvalue weighted by atomic mass is 9.97. The van der Waals surface area contributed by atoms with Gasteiger partial charge in [-0.15, -0.1) is 0 Å². The Morgan fingerprint density at radius 2 is 1.34 bits per heavy atom. The number of rotatable bonds is 11. The second-order valence-corrected chi connectivity index (χ2v) is 10.8. The molecule has 0 aromatic heterocycles. The summed E-state index contributed by atoms with van der Waals surface area (Å²) in [6.07, 6.45) is -26.0. The molecule has 15 atom stereocenters. The summed E-state index contributed by atoms with van der Waals surface area (Å²) in [5.74, 6) is -2.31. The zero-order valence-corrected chi connectivity index (χ0v) is 24.6. The highest BCUT2D eigenvalue weighted by Crippen LogP contribution is 2.33. The lowest BCUT2D eigenvalue weighted by molar-refractivity contribution is -0.342. The number of esters is 1. The molecule has 0 saturated carbocycles. The van der Waals surface area contributed by atoms with E-state index in [4.69, 9.17) is 33.2 Å². The van der Waals surface area contributed by atoms with E-state index in [0.717, 1.165) is 6.92 Å². The van der Waals surface area contributed by atoms with Crippen LogP contribution in [0.4, 0.5) is 0 Å². The van der Waals surface area contributed by atoms with Gasteiger partial charge in [0.15, 0.2) is 23.9 Å². The van der Waals surface area contributed by atoms with Gasteiger partial charge >= 0.3 is 5.97 Å². The van der Waals surface area contributed by atoms with E-state index in [9.17, 15) is 55.9 Å². The minimum atomic E-state index is -2.52. The van der Waals surface area contributed by atoms with E-state index in [0.29, 0.717) is 0 Å². The summed E-state index contributed by atoms with van der Waals surface area (Å²) in [6.45, 7) is 5.21. The molecule has 18 nitrogen and oxygen atoms in total. The number of hydrogen-bond donors (Lipinski definition) is 10. The highest BCUT2D eigenvalue weighted by atomic mass is 16.8. The average molecular weight is 645 g/mol. The van der Waals surface area contributed by atoms with Crippen molar-refractivity contribution in [2.24, 2.45) is 0 Å². The Morgan fingerprint density at radius 1 is 0.773 bits per heavy atom. The summed E-state index contributed by atoms with van der Waals surface area (Å²) in [7, 11) is 0. The molecular weight excluding hydrogens is 600 g/mol. The summed E-state index contributed by atoms with van der Waals surface area (Å²) < 4.78 is 38.4. The highest BCUT2D eigenvalue weighted by molar-refractivity contribution is 5.66. The third-order valence-corrected chi connectivity index (χ3v) is 7.53. The van der Waals surface area contributed by atoms with Crippen molar-refractivity contribution in [1.82, 2.24) is 0 Å². The predicted molar refractivity (Wildman–Crippen MR) is 139 cm³/mol. The molecule has 0 radical (unpaired) electrons. The summed E-state index contributed by atoms with van der Waals surface area (Å²) in [5.41, 5.74) is 0. The molecule has 3 aliphatic heterocycles. The molecular formula is C26H44O18. The largest absolute Gasteiger partial charge is 0.459 e. The fourth-order valence-corrected chi connectivity index (χ4v) is 5.01. The van der Waals surface area contributed by atoms with Crippen LogP contribution in [0, 0.1) is 0 Å². The Hall–Kier alpha value is -1.75. The molecule has 3 rings (SSSR count). The smallest absolute Gasteiger partial charge is 0.303 e. The molecule has 44 heavy (non-hydrogen) atoms. The van der Waals surface area contributed by atoms with Crippen LogP contribution < -0.4 is 0 Å². The van der Waals surface area contributed by atoms with E-state index in [1.807, 2.05) is 0 Å². The van der Waals surface area contributed by atoms with Gasteiger partial charge in [-0.05, 0) is 19.8 Å². The van der Waals surface area contributed by atoms with E-state index in [1.165, 1.54) is 13.8 Å². The van der Waals surface area contributed by atoms with E-state index < -0.39 is 123 Å². The van der Waals surface area contributed by atoms with Gasteiger partial charge in [-0.3, -0.25) is 4.79 Å². The SMILES string of the molecule is CCC(OC(C)=O)/C(OC1OC(CC)C(O)C(O)C1O)=C(/OC1OC(C)C(OC2OCC(O)C(O)C2O)C(O)C1O)C(O)O. The number of carbonyl (C=O) groups is 1. The van der Waals surface area contributed by atoms with Crippen LogP contribution in [0.2, 0.25) is 0 Å². The van der Waals surface area contributed by atoms with E-state index >= 15 is 0 Å². The van der Waals surface area contributed by atoms with Crippen molar-refractivity contribution < 1.29 is 89.0 Å². The standard InChI is InChI=1S/C26H44O18/c1-5-11-14(30)15(31)18(34)26(41-11)43-21(12(6-2)40-9(4)27)22(23(36)37)44-25-19(35)16(32)20(8(3)39-25)42-24-17(33)13(29)10(28)7-38-24/h8,10-20,23-26,28-37H,5-7H2,1-4H3/b22-21-. The maximum atomic E-state index is 11.9. The molecule has 0 aromatic rings. The van der Waals surface area contributed by atoms with Crippen LogP contribution in [-0.2, 0) is 38.0 Å². The summed E-state index contributed by atoms with van der Waals surface area (Å²) in [5, 5.41) is 103. The molecule has 256 valence electrons. The third kappa shape index (κ3) is 8.15. The molecule has 3 saturated heterocycles. The van der Waals surface area contributed by atoms with Gasteiger partial charge in [0.25, 0.3) is 0 Å². The van der Waals surface area contributed by atoms with E-state index in [2.05, 4.69) is 0 Å². The average Bonchev–Trinajstić information content (AvgIpc) is 2.97. The zero-order chi connectivity index (χ0) is 33.0. The molecule has 3 fully saturated rings. The molecule has 0 amide bonds. The van der Waals surface area contributed by atoms with Crippen molar-refractivity contribution in [3.63, 3.8) is 0 Å². The van der Waals surface area contributed by atoms with Gasteiger partial charge in [0, 0.05) is 6.92 Å². The van der Waals surface area contributed by atoms with Crippen LogP contribution in [0.15, 0.2) is 11.5 Å². The molecule has 0 aromatic carbocycles. The summed E-state index contributed by atoms with van der Waals surface area (Å²) in [4.78, 5) is 11.9. The number of carbonyl (C=O) groups excluding carboxylic acids is 1. The topological polar surface area (TPSA) is 284 Å². The predicted octanol–water partition coefficient (Wildman–Crippen LogP) is -4.61. The summed E-state index contributed by atoms with van der Waals surface area (Å²) in [6, 6.07) is 0. The van der Waals surface area contributed by atoms with Crippen LogP contribution in [0.5, 0.6) is 0 Å². The van der Waals surface area contributed by atoms with Crippen LogP contribution in [0.1, 0.15) is 40.5 Å². The maximum absolute atomic E-state index is 11.9. The quantitative estimate of drug-likeness (QED) is 0.0575. The lowest BCUT2D eigenvalue weighted by Gasteiger charge is -2.44. The summed E-state index contributed by atoms with van der Waals surface area (Å²) >= 11 is 0. The molecule has 3 heterocycles. The molecule has 18 heteroatoms. The Morgan fingerprint density at radius 3 is 1.91 bits per heavy atom. The van der Waals surface area contributed by atoms with Gasteiger partial charge in [0.05, 0.1) is 18.8 Å². The Kier molecular flexibility index (Phi) is 13.1. The Labute approximate surface area is 252 Å². The molecule has 0 aliphatic carbocycles. The molecule has 0 bridgehead atoms. The third-order valence-electron chi connectivity index (χ3n) is 7.53. The maximum Gasteiger partial charge on any atom is 0.303 e. The normalized spacial score (nSPS) is 42.8. The Balaban J connectivity index is 1.89. The first-order valence-corrected chi connectivity index (χ1v) is 14.3. The number of hydrogen-bond acceptors (Lipinski definition) is 18. The minimum Gasteiger partial charge on any atom is -0.459 e. The van der Waals surface area contributed by atoms with Crippen molar-refractivity contribution in [1.29, 1.82) is 0 Å². The second-order valence-electron chi connectivity index (χ2n) is 10.8. The van der Waals surface area contributed by atoms with Gasteiger partial charge < -0.3 is 84.2 Å².